The Labute approximate surface area is 220 Å². The number of aromatic amines is 1. The molecular weight excluding hydrogens is 532 g/mol. The van der Waals surface area contributed by atoms with Crippen LogP contribution < -0.4 is 4.90 Å². The van der Waals surface area contributed by atoms with Gasteiger partial charge in [0.1, 0.15) is 0 Å². The lowest BCUT2D eigenvalue weighted by Crippen LogP contribution is -2.29. The molecule has 1 aliphatic heterocycles. The zero-order valence-corrected chi connectivity index (χ0v) is 21.0. The molecule has 1 unspecified atom stereocenters. The maximum Gasteiger partial charge on any atom is 0.490 e. The van der Waals surface area contributed by atoms with Crippen molar-refractivity contribution in [2.45, 2.75) is 25.2 Å². The molecule has 0 amide bonds. The quantitative estimate of drug-likeness (QED) is 0.347. The van der Waals surface area contributed by atoms with Crippen molar-refractivity contribution in [1.29, 1.82) is 0 Å². The zero-order chi connectivity index (χ0) is 29.2. The number of halogens is 6. The number of likely N-dealkylation sites (N-methyl/N-ethyl adjacent to an activating group) is 1. The summed E-state index contributed by atoms with van der Waals surface area (Å²) in [5.41, 5.74) is 4.04. The second kappa shape index (κ2) is 13.9. The molecule has 2 aromatic carbocycles. The number of nitrogens with one attached hydrogen (secondary N) is 1. The van der Waals surface area contributed by atoms with E-state index in [4.69, 9.17) is 19.8 Å². The molecule has 0 radical (unpaired) electrons. The third-order valence-electron chi connectivity index (χ3n) is 5.90. The van der Waals surface area contributed by atoms with Gasteiger partial charge in [0.25, 0.3) is 0 Å². The number of aliphatic carboxylic acids is 2. The Morgan fingerprint density at radius 3 is 2.05 bits per heavy atom. The van der Waals surface area contributed by atoms with Crippen LogP contribution in [0.2, 0.25) is 0 Å². The number of rotatable bonds is 6. The summed E-state index contributed by atoms with van der Waals surface area (Å²) in [4.78, 5) is 26.2. The molecule has 4 rings (SSSR count). The third-order valence-corrected chi connectivity index (χ3v) is 5.90. The molecule has 1 atom stereocenters. The Kier molecular flexibility index (Phi) is 11.2. The molecule has 1 fully saturated rings. The number of hydrogen-bond donors (Lipinski definition) is 3. The molecule has 0 bridgehead atoms. The van der Waals surface area contributed by atoms with Gasteiger partial charge in [-0.2, -0.15) is 26.3 Å². The normalized spacial score (nSPS) is 15.4. The fraction of sp³-hybridized carbons (Fsp3) is 0.385. The highest BCUT2D eigenvalue weighted by molar-refractivity contribution is 5.83. The first-order chi connectivity index (χ1) is 18.2. The van der Waals surface area contributed by atoms with Gasteiger partial charge in [0.05, 0.1) is 0 Å². The Bertz CT molecular complexity index is 1170. The summed E-state index contributed by atoms with van der Waals surface area (Å²) >= 11 is 0. The van der Waals surface area contributed by atoms with Crippen LogP contribution in [-0.2, 0) is 16.0 Å². The second-order valence-corrected chi connectivity index (χ2v) is 8.91. The molecule has 1 aliphatic rings. The zero-order valence-electron chi connectivity index (χ0n) is 21.0. The van der Waals surface area contributed by atoms with Gasteiger partial charge in [0.15, 0.2) is 0 Å². The first kappa shape index (κ1) is 31.5. The van der Waals surface area contributed by atoms with Gasteiger partial charge in [0, 0.05) is 49.0 Å². The molecule has 13 heteroatoms. The number of aromatic nitrogens is 1. The summed E-state index contributed by atoms with van der Waals surface area (Å²) in [6, 6.07) is 19.4. The Morgan fingerprint density at radius 2 is 1.49 bits per heavy atom. The molecule has 3 N–H and O–H groups in total. The fourth-order valence-electron chi connectivity index (χ4n) is 4.04. The first-order valence-corrected chi connectivity index (χ1v) is 11.8. The molecule has 0 aliphatic carbocycles. The molecular formula is C26H29F6N3O4. The number of para-hydroxylation sites is 2. The summed E-state index contributed by atoms with van der Waals surface area (Å²) in [6.07, 6.45) is -5.59. The second-order valence-electron chi connectivity index (χ2n) is 8.91. The number of carboxylic acid groups (broad SMARTS) is 2. The number of carbonyl (C=O) groups is 2. The van der Waals surface area contributed by atoms with Crippen LogP contribution in [-0.4, -0.2) is 77.6 Å². The third kappa shape index (κ3) is 10.5. The predicted molar refractivity (Wildman–Crippen MR) is 134 cm³/mol. The highest BCUT2D eigenvalue weighted by Crippen LogP contribution is 2.24. The minimum Gasteiger partial charge on any atom is -0.475 e. The van der Waals surface area contributed by atoms with Crippen molar-refractivity contribution in [3.05, 3.63) is 66.4 Å². The van der Waals surface area contributed by atoms with Gasteiger partial charge < -0.3 is 25.0 Å². The summed E-state index contributed by atoms with van der Waals surface area (Å²) in [5.74, 6) is -4.74. The molecule has 39 heavy (non-hydrogen) atoms. The van der Waals surface area contributed by atoms with Crippen LogP contribution in [0.5, 0.6) is 0 Å². The maximum atomic E-state index is 10.6. The molecule has 7 nitrogen and oxygen atoms in total. The van der Waals surface area contributed by atoms with E-state index in [2.05, 4.69) is 82.6 Å². The summed E-state index contributed by atoms with van der Waals surface area (Å²) in [5, 5.41) is 15.6. The fourth-order valence-corrected chi connectivity index (χ4v) is 4.04. The SMILES string of the molecule is CN(CCc1c[nH]c2ccccc12)CC1CCN(c2ccccc2)C1.O=C(O)C(F)(F)F.O=C(O)C(F)(F)F. The van der Waals surface area contributed by atoms with Gasteiger partial charge in [-0.3, -0.25) is 0 Å². The number of hydrogen-bond acceptors (Lipinski definition) is 4. The van der Waals surface area contributed by atoms with Crippen molar-refractivity contribution < 1.29 is 46.1 Å². The van der Waals surface area contributed by atoms with E-state index in [9.17, 15) is 26.3 Å². The van der Waals surface area contributed by atoms with E-state index in [1.807, 2.05) is 0 Å². The van der Waals surface area contributed by atoms with Crippen LogP contribution in [0.25, 0.3) is 10.9 Å². The number of H-pyrrole nitrogens is 1. The van der Waals surface area contributed by atoms with Crippen LogP contribution in [0.4, 0.5) is 32.0 Å². The van der Waals surface area contributed by atoms with Gasteiger partial charge in [-0.1, -0.05) is 36.4 Å². The van der Waals surface area contributed by atoms with E-state index < -0.39 is 24.3 Å². The van der Waals surface area contributed by atoms with Crippen molar-refractivity contribution >= 4 is 28.5 Å². The van der Waals surface area contributed by atoms with E-state index in [0.717, 1.165) is 18.9 Å². The van der Waals surface area contributed by atoms with Crippen LogP contribution in [0, 0.1) is 5.92 Å². The van der Waals surface area contributed by atoms with Crippen LogP contribution in [0.3, 0.4) is 0 Å². The van der Waals surface area contributed by atoms with Crippen molar-refractivity contribution in [2.24, 2.45) is 5.92 Å². The molecule has 1 saturated heterocycles. The molecule has 1 aromatic heterocycles. The maximum absolute atomic E-state index is 10.6. The van der Waals surface area contributed by atoms with Crippen molar-refractivity contribution in [3.8, 4) is 0 Å². The van der Waals surface area contributed by atoms with Gasteiger partial charge in [-0.05, 0) is 49.6 Å². The standard InChI is InChI=1S/C22H27N3.2C2HF3O2/c1-24(13-12-19-15-23-22-10-6-5-9-21(19)22)16-18-11-14-25(17-18)20-7-3-2-4-8-20;2*3-2(4,5)1(6)7/h2-10,15,18,23H,11-14,16-17H2,1H3;2*(H,6,7). The average Bonchev–Trinajstić information content (AvgIpc) is 3.50. The lowest BCUT2D eigenvalue weighted by Gasteiger charge is -2.22. The van der Waals surface area contributed by atoms with Gasteiger partial charge in [-0.15, -0.1) is 0 Å². The predicted octanol–water partition coefficient (Wildman–Crippen LogP) is 5.44. The smallest absolute Gasteiger partial charge is 0.475 e. The Hall–Kier alpha value is -3.74. The number of carboxylic acids is 2. The Morgan fingerprint density at radius 1 is 0.949 bits per heavy atom. The van der Waals surface area contributed by atoms with Crippen LogP contribution in [0.15, 0.2) is 60.8 Å². The van der Waals surface area contributed by atoms with Gasteiger partial charge in [0.2, 0.25) is 0 Å². The number of fused-ring (bicyclic) bond motifs is 1. The topological polar surface area (TPSA) is 96.9 Å². The van der Waals surface area contributed by atoms with Crippen molar-refractivity contribution in [1.82, 2.24) is 9.88 Å². The molecule has 2 heterocycles. The summed E-state index contributed by atoms with van der Waals surface area (Å²) in [7, 11) is 2.26. The van der Waals surface area contributed by atoms with E-state index in [1.54, 1.807) is 0 Å². The van der Waals surface area contributed by atoms with E-state index >= 15 is 0 Å². The van der Waals surface area contributed by atoms with Crippen LogP contribution in [0.1, 0.15) is 12.0 Å². The van der Waals surface area contributed by atoms with Crippen molar-refractivity contribution in [2.75, 3.05) is 38.1 Å². The number of alkyl halides is 6. The minimum absolute atomic E-state index is 0.771. The molecule has 3 aromatic rings. The highest BCUT2D eigenvalue weighted by atomic mass is 19.4. The largest absolute Gasteiger partial charge is 0.490 e. The number of nitrogens with zero attached hydrogens (tertiary/aromatic N) is 2. The summed E-state index contributed by atoms with van der Waals surface area (Å²) < 4.78 is 63.5. The number of anilines is 1. The lowest BCUT2D eigenvalue weighted by molar-refractivity contribution is -0.193. The highest BCUT2D eigenvalue weighted by Gasteiger charge is 2.38. The molecule has 0 saturated carbocycles. The lowest BCUT2D eigenvalue weighted by atomic mass is 10.1. The van der Waals surface area contributed by atoms with Gasteiger partial charge in [-0.25, -0.2) is 9.59 Å². The number of benzene rings is 2. The van der Waals surface area contributed by atoms with Crippen LogP contribution >= 0.6 is 0 Å². The van der Waals surface area contributed by atoms with Crippen molar-refractivity contribution in [3.63, 3.8) is 0 Å². The molecule has 0 spiro atoms. The average molecular weight is 562 g/mol. The minimum atomic E-state index is -5.08. The van der Waals surface area contributed by atoms with E-state index in [-0.39, 0.29) is 0 Å². The first-order valence-electron chi connectivity index (χ1n) is 11.8. The summed E-state index contributed by atoms with van der Waals surface area (Å²) in [6.45, 7) is 4.67. The monoisotopic (exact) mass is 561 g/mol. The van der Waals surface area contributed by atoms with E-state index in [1.165, 1.54) is 48.2 Å². The Balaban J connectivity index is 0.000000317. The van der Waals surface area contributed by atoms with E-state index in [0.29, 0.717) is 0 Å². The molecule has 214 valence electrons. The van der Waals surface area contributed by atoms with Gasteiger partial charge >= 0.3 is 24.3 Å².